The van der Waals surface area contributed by atoms with E-state index in [0.29, 0.717) is 12.8 Å². The second-order valence-corrected chi connectivity index (χ2v) is 4.81. The van der Waals surface area contributed by atoms with E-state index in [9.17, 15) is 9.90 Å². The maximum absolute atomic E-state index is 11.4. The van der Waals surface area contributed by atoms with E-state index >= 15 is 0 Å². The van der Waals surface area contributed by atoms with Crippen LogP contribution in [0.1, 0.15) is 11.1 Å². The molecule has 5 heteroatoms. The van der Waals surface area contributed by atoms with Crippen molar-refractivity contribution in [2.45, 2.75) is 12.8 Å². The van der Waals surface area contributed by atoms with Crippen LogP contribution in [0, 0.1) is 5.92 Å². The van der Waals surface area contributed by atoms with Crippen LogP contribution < -0.4 is 4.74 Å². The fraction of sp³-hybridized carbons (Fsp3) is 0.333. The lowest BCUT2D eigenvalue weighted by atomic mass is 9.94. The van der Waals surface area contributed by atoms with Crippen LogP contribution in [0.4, 0.5) is 0 Å². The molecule has 0 saturated heterocycles. The fourth-order valence-electron chi connectivity index (χ4n) is 2.15. The highest BCUT2D eigenvalue weighted by molar-refractivity contribution is 5.70. The van der Waals surface area contributed by atoms with Crippen molar-refractivity contribution in [2.24, 2.45) is 13.0 Å². The lowest BCUT2D eigenvalue weighted by Gasteiger charge is -2.11. The first-order chi connectivity index (χ1) is 9.58. The summed E-state index contributed by atoms with van der Waals surface area (Å²) in [4.78, 5) is 11.4. The van der Waals surface area contributed by atoms with E-state index in [1.54, 1.807) is 18.0 Å². The van der Waals surface area contributed by atoms with Crippen molar-refractivity contribution in [3.63, 3.8) is 0 Å². The maximum Gasteiger partial charge on any atom is 0.307 e. The molecule has 1 atom stereocenters. The van der Waals surface area contributed by atoms with Crippen LogP contribution in [0.3, 0.4) is 0 Å². The van der Waals surface area contributed by atoms with Crippen molar-refractivity contribution < 1.29 is 14.6 Å². The first-order valence-corrected chi connectivity index (χ1v) is 6.41. The summed E-state index contributed by atoms with van der Waals surface area (Å²) >= 11 is 0. The Bertz CT molecular complexity index is 575. The van der Waals surface area contributed by atoms with Crippen LogP contribution in [0.5, 0.6) is 5.75 Å². The average Bonchev–Trinajstić information content (AvgIpc) is 2.84. The highest BCUT2D eigenvalue weighted by Crippen LogP contribution is 2.17. The van der Waals surface area contributed by atoms with E-state index < -0.39 is 11.9 Å². The molecule has 1 N–H and O–H groups in total. The molecule has 2 aromatic rings. The summed E-state index contributed by atoms with van der Waals surface area (Å²) in [5.41, 5.74) is 1.93. The summed E-state index contributed by atoms with van der Waals surface area (Å²) in [6.45, 7) is 0. The van der Waals surface area contributed by atoms with Crippen LogP contribution in [0.25, 0.3) is 0 Å². The zero-order valence-electron chi connectivity index (χ0n) is 11.6. The highest BCUT2D eigenvalue weighted by Gasteiger charge is 2.19. The van der Waals surface area contributed by atoms with Crippen LogP contribution in [0.15, 0.2) is 36.7 Å². The second-order valence-electron chi connectivity index (χ2n) is 4.81. The SMILES string of the molecule is COc1ccc(CC(Cc2cnn(C)c2)C(=O)O)cc1. The lowest BCUT2D eigenvalue weighted by molar-refractivity contribution is -0.141. The number of ether oxygens (including phenoxy) is 1. The number of nitrogens with zero attached hydrogens (tertiary/aromatic N) is 2. The quantitative estimate of drug-likeness (QED) is 0.874. The molecule has 0 radical (unpaired) electrons. The minimum Gasteiger partial charge on any atom is -0.497 e. The van der Waals surface area contributed by atoms with E-state index in [4.69, 9.17) is 4.74 Å². The van der Waals surface area contributed by atoms with Gasteiger partial charge in [-0.25, -0.2) is 0 Å². The first kappa shape index (κ1) is 14.1. The number of hydrogen-bond acceptors (Lipinski definition) is 3. The molecule has 0 aliphatic rings. The van der Waals surface area contributed by atoms with Gasteiger partial charge in [0.25, 0.3) is 0 Å². The van der Waals surface area contributed by atoms with Crippen LogP contribution in [0.2, 0.25) is 0 Å². The van der Waals surface area contributed by atoms with Crippen molar-refractivity contribution in [1.29, 1.82) is 0 Å². The van der Waals surface area contributed by atoms with Gasteiger partial charge in [0.15, 0.2) is 0 Å². The normalized spacial score (nSPS) is 12.1. The Morgan fingerprint density at radius 3 is 2.45 bits per heavy atom. The van der Waals surface area contributed by atoms with Crippen LogP contribution >= 0.6 is 0 Å². The zero-order chi connectivity index (χ0) is 14.5. The number of benzene rings is 1. The summed E-state index contributed by atoms with van der Waals surface area (Å²) in [5, 5.41) is 13.4. The average molecular weight is 274 g/mol. The molecule has 20 heavy (non-hydrogen) atoms. The number of aliphatic carboxylic acids is 1. The molecule has 0 bridgehead atoms. The van der Waals surface area contributed by atoms with Gasteiger partial charge in [-0.2, -0.15) is 5.10 Å². The predicted octanol–water partition coefficient (Wildman–Crippen LogP) is 1.91. The highest BCUT2D eigenvalue weighted by atomic mass is 16.5. The fourth-order valence-corrected chi connectivity index (χ4v) is 2.15. The molecular formula is C15H18N2O3. The van der Waals surface area contributed by atoms with Crippen molar-refractivity contribution in [1.82, 2.24) is 9.78 Å². The van der Waals surface area contributed by atoms with Gasteiger partial charge in [-0.1, -0.05) is 12.1 Å². The third kappa shape index (κ3) is 3.60. The summed E-state index contributed by atoms with van der Waals surface area (Å²) in [6.07, 6.45) is 4.54. The van der Waals surface area contributed by atoms with Crippen molar-refractivity contribution in [2.75, 3.05) is 7.11 Å². The summed E-state index contributed by atoms with van der Waals surface area (Å²) in [6, 6.07) is 7.49. The molecule has 2 rings (SSSR count). The molecule has 0 fully saturated rings. The predicted molar refractivity (Wildman–Crippen MR) is 74.7 cm³/mol. The number of hydrogen-bond donors (Lipinski definition) is 1. The Morgan fingerprint density at radius 1 is 1.30 bits per heavy atom. The van der Waals surface area contributed by atoms with E-state index in [0.717, 1.165) is 16.9 Å². The van der Waals surface area contributed by atoms with Gasteiger partial charge >= 0.3 is 5.97 Å². The molecule has 106 valence electrons. The van der Waals surface area contributed by atoms with Crippen molar-refractivity contribution >= 4 is 5.97 Å². The van der Waals surface area contributed by atoms with E-state index in [1.165, 1.54) is 0 Å². The molecule has 0 saturated carbocycles. The van der Waals surface area contributed by atoms with Gasteiger partial charge in [-0.05, 0) is 36.1 Å². The lowest BCUT2D eigenvalue weighted by Crippen LogP contribution is -2.19. The van der Waals surface area contributed by atoms with Gasteiger partial charge in [-0.3, -0.25) is 9.48 Å². The standard InChI is InChI=1S/C15H18N2O3/c1-17-10-12(9-16-17)8-13(15(18)19)7-11-3-5-14(20-2)6-4-11/h3-6,9-10,13H,7-8H2,1-2H3,(H,18,19). The molecule has 0 spiro atoms. The Kier molecular flexibility index (Phi) is 4.40. The smallest absolute Gasteiger partial charge is 0.307 e. The number of carboxylic acid groups (broad SMARTS) is 1. The summed E-state index contributed by atoms with van der Waals surface area (Å²) in [5.74, 6) is -0.467. The van der Waals surface area contributed by atoms with E-state index in [2.05, 4.69) is 5.10 Å². The monoisotopic (exact) mass is 274 g/mol. The van der Waals surface area contributed by atoms with Gasteiger partial charge in [0.1, 0.15) is 5.75 Å². The van der Waals surface area contributed by atoms with Crippen LogP contribution in [-0.4, -0.2) is 28.0 Å². The number of methoxy groups -OCH3 is 1. The van der Waals surface area contributed by atoms with Crippen molar-refractivity contribution in [3.05, 3.63) is 47.8 Å². The molecule has 1 aromatic carbocycles. The number of carboxylic acids is 1. The maximum atomic E-state index is 11.4. The minimum absolute atomic E-state index is 0.451. The van der Waals surface area contributed by atoms with E-state index in [-0.39, 0.29) is 0 Å². The molecule has 0 aliphatic carbocycles. The van der Waals surface area contributed by atoms with Gasteiger partial charge < -0.3 is 9.84 Å². The zero-order valence-corrected chi connectivity index (χ0v) is 11.6. The van der Waals surface area contributed by atoms with Gasteiger partial charge in [0, 0.05) is 13.2 Å². The molecule has 1 unspecified atom stereocenters. The first-order valence-electron chi connectivity index (χ1n) is 6.41. The molecule has 0 amide bonds. The number of aryl methyl sites for hydroxylation is 1. The third-order valence-electron chi connectivity index (χ3n) is 3.23. The Labute approximate surface area is 117 Å². The largest absolute Gasteiger partial charge is 0.497 e. The minimum atomic E-state index is -0.787. The van der Waals surface area contributed by atoms with E-state index in [1.807, 2.05) is 37.5 Å². The Balaban J connectivity index is 2.06. The molecule has 5 nitrogen and oxygen atoms in total. The molecule has 1 heterocycles. The summed E-state index contributed by atoms with van der Waals surface area (Å²) < 4.78 is 6.77. The molecule has 1 aromatic heterocycles. The summed E-state index contributed by atoms with van der Waals surface area (Å²) in [7, 11) is 3.43. The Morgan fingerprint density at radius 2 is 1.95 bits per heavy atom. The van der Waals surface area contributed by atoms with Gasteiger partial charge in [0.2, 0.25) is 0 Å². The Hall–Kier alpha value is -2.30. The molecular weight excluding hydrogens is 256 g/mol. The van der Waals surface area contributed by atoms with Gasteiger partial charge in [0.05, 0.1) is 19.2 Å². The van der Waals surface area contributed by atoms with Gasteiger partial charge in [-0.15, -0.1) is 0 Å². The number of carbonyl (C=O) groups is 1. The van der Waals surface area contributed by atoms with Crippen molar-refractivity contribution in [3.8, 4) is 5.75 Å². The number of aromatic nitrogens is 2. The number of rotatable bonds is 6. The third-order valence-corrected chi connectivity index (χ3v) is 3.23. The second kappa shape index (κ2) is 6.23. The topological polar surface area (TPSA) is 64.4 Å². The van der Waals surface area contributed by atoms with Crippen LogP contribution in [-0.2, 0) is 24.7 Å². The molecule has 0 aliphatic heterocycles.